The highest BCUT2D eigenvalue weighted by Crippen LogP contribution is 2.33. The lowest BCUT2D eigenvalue weighted by molar-refractivity contribution is -0.137. The molecule has 3 nitrogen and oxygen atoms in total. The second-order valence-electron chi connectivity index (χ2n) is 3.79. The van der Waals surface area contributed by atoms with Gasteiger partial charge in [0.25, 0.3) is 0 Å². The van der Waals surface area contributed by atoms with E-state index in [1.807, 2.05) is 0 Å². The molecule has 0 bridgehead atoms. The predicted octanol–water partition coefficient (Wildman–Crippen LogP) is 3.79. The standard InChI is InChI=1S/C13H10F3NO2S/c1-2-19-9-6-4-3-5-8(9)11(18)10-7-17-12(20-10)13(14,15)16/h3-7H,2H2,1H3. The van der Waals surface area contributed by atoms with Crippen LogP contribution in [0.5, 0.6) is 5.75 Å². The monoisotopic (exact) mass is 301 g/mol. The van der Waals surface area contributed by atoms with Gasteiger partial charge in [0.2, 0.25) is 5.78 Å². The molecule has 0 atom stereocenters. The number of hydrogen-bond acceptors (Lipinski definition) is 4. The molecule has 0 saturated carbocycles. The van der Waals surface area contributed by atoms with Crippen molar-refractivity contribution < 1.29 is 22.7 Å². The van der Waals surface area contributed by atoms with Crippen LogP contribution in [0.15, 0.2) is 30.5 Å². The van der Waals surface area contributed by atoms with E-state index in [-0.39, 0.29) is 10.4 Å². The molecule has 0 radical (unpaired) electrons. The molecule has 0 aliphatic rings. The van der Waals surface area contributed by atoms with Gasteiger partial charge in [-0.2, -0.15) is 13.2 Å². The molecule has 0 spiro atoms. The van der Waals surface area contributed by atoms with Crippen molar-refractivity contribution in [2.24, 2.45) is 0 Å². The minimum absolute atomic E-state index is 0.0653. The molecule has 20 heavy (non-hydrogen) atoms. The first kappa shape index (κ1) is 14.5. The Bertz CT molecular complexity index is 622. The molecule has 0 fully saturated rings. The van der Waals surface area contributed by atoms with Crippen LogP contribution in [-0.2, 0) is 6.18 Å². The number of carbonyl (C=O) groups is 1. The van der Waals surface area contributed by atoms with E-state index < -0.39 is 17.0 Å². The van der Waals surface area contributed by atoms with Crippen molar-refractivity contribution in [3.63, 3.8) is 0 Å². The number of para-hydroxylation sites is 1. The van der Waals surface area contributed by atoms with E-state index in [4.69, 9.17) is 4.74 Å². The first-order chi connectivity index (χ1) is 9.43. The summed E-state index contributed by atoms with van der Waals surface area (Å²) in [6.07, 6.45) is -3.60. The second-order valence-corrected chi connectivity index (χ2v) is 4.82. The van der Waals surface area contributed by atoms with Crippen molar-refractivity contribution in [1.29, 1.82) is 0 Å². The lowest BCUT2D eigenvalue weighted by atomic mass is 10.1. The van der Waals surface area contributed by atoms with Gasteiger partial charge in [-0.05, 0) is 19.1 Å². The van der Waals surface area contributed by atoms with Crippen molar-refractivity contribution in [2.45, 2.75) is 13.1 Å². The smallest absolute Gasteiger partial charge is 0.443 e. The zero-order chi connectivity index (χ0) is 14.8. The number of hydrogen-bond donors (Lipinski definition) is 0. The summed E-state index contributed by atoms with van der Waals surface area (Å²) < 4.78 is 42.7. The maximum Gasteiger partial charge on any atom is 0.443 e. The van der Waals surface area contributed by atoms with Crippen molar-refractivity contribution in [3.05, 3.63) is 45.9 Å². The van der Waals surface area contributed by atoms with Crippen LogP contribution in [-0.4, -0.2) is 17.4 Å². The van der Waals surface area contributed by atoms with Crippen LogP contribution < -0.4 is 4.74 Å². The summed E-state index contributed by atoms with van der Waals surface area (Å²) in [5.41, 5.74) is 0.228. The molecule has 1 aromatic heterocycles. The molecular weight excluding hydrogens is 291 g/mol. The van der Waals surface area contributed by atoms with E-state index in [0.717, 1.165) is 6.20 Å². The van der Waals surface area contributed by atoms with Crippen LogP contribution in [0, 0.1) is 0 Å². The maximum absolute atomic E-state index is 12.5. The van der Waals surface area contributed by atoms with Gasteiger partial charge in [-0.3, -0.25) is 4.79 Å². The number of benzene rings is 1. The highest BCUT2D eigenvalue weighted by atomic mass is 32.1. The topological polar surface area (TPSA) is 39.2 Å². The van der Waals surface area contributed by atoms with Crippen LogP contribution in [0.1, 0.15) is 27.2 Å². The predicted molar refractivity (Wildman–Crippen MR) is 68.2 cm³/mol. The van der Waals surface area contributed by atoms with Crippen LogP contribution in [0.25, 0.3) is 0 Å². The van der Waals surface area contributed by atoms with Crippen molar-refractivity contribution >= 4 is 17.1 Å². The van der Waals surface area contributed by atoms with Crippen LogP contribution in [0.4, 0.5) is 13.2 Å². The van der Waals surface area contributed by atoms with Crippen molar-refractivity contribution in [2.75, 3.05) is 6.61 Å². The number of rotatable bonds is 4. The quantitative estimate of drug-likeness (QED) is 0.807. The Kier molecular flexibility index (Phi) is 4.08. The van der Waals surface area contributed by atoms with Gasteiger partial charge in [0.15, 0.2) is 5.01 Å². The number of alkyl halides is 3. The summed E-state index contributed by atoms with van der Waals surface area (Å²) in [6, 6.07) is 6.43. The molecule has 0 N–H and O–H groups in total. The lowest BCUT2D eigenvalue weighted by Gasteiger charge is -2.07. The number of nitrogens with zero attached hydrogens (tertiary/aromatic N) is 1. The van der Waals surface area contributed by atoms with E-state index in [1.165, 1.54) is 6.07 Å². The first-order valence-corrected chi connectivity index (χ1v) is 6.54. The van der Waals surface area contributed by atoms with E-state index in [2.05, 4.69) is 4.98 Å². The van der Waals surface area contributed by atoms with E-state index in [0.29, 0.717) is 23.7 Å². The normalized spacial score (nSPS) is 11.4. The largest absolute Gasteiger partial charge is 0.493 e. The highest BCUT2D eigenvalue weighted by Gasteiger charge is 2.35. The zero-order valence-electron chi connectivity index (χ0n) is 10.4. The third-order valence-electron chi connectivity index (χ3n) is 2.40. The molecule has 0 aliphatic carbocycles. The molecule has 0 unspecified atom stereocenters. The Balaban J connectivity index is 2.34. The Morgan fingerprint density at radius 3 is 2.65 bits per heavy atom. The molecule has 7 heteroatoms. The Morgan fingerprint density at radius 2 is 2.05 bits per heavy atom. The van der Waals surface area contributed by atoms with Gasteiger partial charge in [0.05, 0.1) is 17.0 Å². The fourth-order valence-corrected chi connectivity index (χ4v) is 2.32. The van der Waals surface area contributed by atoms with E-state index >= 15 is 0 Å². The van der Waals surface area contributed by atoms with Gasteiger partial charge in [-0.15, -0.1) is 11.3 Å². The van der Waals surface area contributed by atoms with Crippen LogP contribution in [0.2, 0.25) is 0 Å². The number of thiazole rings is 1. The third-order valence-corrected chi connectivity index (χ3v) is 3.44. The van der Waals surface area contributed by atoms with Crippen molar-refractivity contribution in [1.82, 2.24) is 4.98 Å². The SMILES string of the molecule is CCOc1ccccc1C(=O)c1cnc(C(F)(F)F)s1. The summed E-state index contributed by atoms with van der Waals surface area (Å²) in [7, 11) is 0. The number of carbonyl (C=O) groups excluding carboxylic acids is 1. The van der Waals surface area contributed by atoms with Gasteiger partial charge in [-0.1, -0.05) is 12.1 Å². The maximum atomic E-state index is 12.5. The summed E-state index contributed by atoms with van der Waals surface area (Å²) in [4.78, 5) is 15.4. The van der Waals surface area contributed by atoms with Gasteiger partial charge in [0, 0.05) is 6.20 Å². The minimum Gasteiger partial charge on any atom is -0.493 e. The number of aromatic nitrogens is 1. The Hall–Kier alpha value is -1.89. The molecule has 0 amide bonds. The van der Waals surface area contributed by atoms with Crippen LogP contribution >= 0.6 is 11.3 Å². The molecule has 1 aromatic carbocycles. The van der Waals surface area contributed by atoms with E-state index in [9.17, 15) is 18.0 Å². The summed E-state index contributed by atoms with van der Waals surface area (Å²) in [6.45, 7) is 2.12. The van der Waals surface area contributed by atoms with E-state index in [1.54, 1.807) is 25.1 Å². The average molecular weight is 301 g/mol. The first-order valence-electron chi connectivity index (χ1n) is 5.73. The van der Waals surface area contributed by atoms with Gasteiger partial charge >= 0.3 is 6.18 Å². The Labute approximate surface area is 117 Å². The fourth-order valence-electron chi connectivity index (χ4n) is 1.58. The number of ketones is 1. The highest BCUT2D eigenvalue weighted by molar-refractivity contribution is 7.14. The molecule has 2 aromatic rings. The Morgan fingerprint density at radius 1 is 1.35 bits per heavy atom. The fraction of sp³-hybridized carbons (Fsp3) is 0.231. The van der Waals surface area contributed by atoms with Gasteiger partial charge in [0.1, 0.15) is 5.75 Å². The summed E-state index contributed by atoms with van der Waals surface area (Å²) in [5.74, 6) is -0.177. The zero-order valence-corrected chi connectivity index (χ0v) is 11.2. The third kappa shape index (κ3) is 2.98. The molecule has 106 valence electrons. The minimum atomic E-state index is -4.54. The molecular formula is C13H10F3NO2S. The lowest BCUT2D eigenvalue weighted by Crippen LogP contribution is -2.04. The van der Waals surface area contributed by atoms with Crippen molar-refractivity contribution in [3.8, 4) is 5.75 Å². The number of halogens is 3. The molecule has 0 aliphatic heterocycles. The summed E-state index contributed by atoms with van der Waals surface area (Å²) in [5, 5.41) is -1.03. The second kappa shape index (κ2) is 5.62. The average Bonchev–Trinajstić information content (AvgIpc) is 2.88. The summed E-state index contributed by atoms with van der Waals surface area (Å²) >= 11 is 0.328. The molecule has 0 saturated heterocycles. The number of ether oxygens (including phenoxy) is 1. The van der Waals surface area contributed by atoms with Gasteiger partial charge < -0.3 is 4.74 Å². The van der Waals surface area contributed by atoms with Gasteiger partial charge in [-0.25, -0.2) is 4.98 Å². The van der Waals surface area contributed by atoms with Crippen LogP contribution in [0.3, 0.4) is 0 Å². The molecule has 1 heterocycles. The molecule has 2 rings (SSSR count).